The average molecular weight is 232 g/mol. The molecular formula is C11H12N4O2. The molecule has 0 unspecified atom stereocenters. The zero-order chi connectivity index (χ0) is 12.3. The SMILES string of the molecule is N#Cc1cc(C(=O)N2CCOCC2)cc(N)n1. The summed E-state index contributed by atoms with van der Waals surface area (Å²) in [6.07, 6.45) is 0. The molecule has 0 atom stereocenters. The molecule has 0 bridgehead atoms. The molecule has 1 aliphatic heterocycles. The Bertz CT molecular complexity index is 475. The molecule has 0 aromatic carbocycles. The Hall–Kier alpha value is -2.13. The number of nitrogens with two attached hydrogens (primary N) is 1. The molecule has 17 heavy (non-hydrogen) atoms. The highest BCUT2D eigenvalue weighted by Crippen LogP contribution is 2.11. The van der Waals surface area contributed by atoms with Crippen molar-refractivity contribution in [1.29, 1.82) is 5.26 Å². The van der Waals surface area contributed by atoms with Gasteiger partial charge in [0.15, 0.2) is 0 Å². The summed E-state index contributed by atoms with van der Waals surface area (Å²) >= 11 is 0. The summed E-state index contributed by atoms with van der Waals surface area (Å²) in [5, 5.41) is 8.77. The Labute approximate surface area is 98.6 Å². The van der Waals surface area contributed by atoms with E-state index in [0.29, 0.717) is 31.9 Å². The van der Waals surface area contributed by atoms with Gasteiger partial charge in [0, 0.05) is 18.7 Å². The van der Waals surface area contributed by atoms with E-state index in [1.54, 1.807) is 4.90 Å². The zero-order valence-electron chi connectivity index (χ0n) is 9.22. The van der Waals surface area contributed by atoms with Crippen LogP contribution < -0.4 is 5.73 Å². The van der Waals surface area contributed by atoms with Crippen LogP contribution in [0.2, 0.25) is 0 Å². The Morgan fingerprint density at radius 2 is 2.18 bits per heavy atom. The maximum atomic E-state index is 12.1. The van der Waals surface area contributed by atoms with Crippen LogP contribution in [0.5, 0.6) is 0 Å². The number of carbonyl (C=O) groups excluding carboxylic acids is 1. The number of carbonyl (C=O) groups is 1. The van der Waals surface area contributed by atoms with Gasteiger partial charge in [0.1, 0.15) is 17.6 Å². The molecule has 0 saturated carbocycles. The fraction of sp³-hybridized carbons (Fsp3) is 0.364. The number of pyridine rings is 1. The molecule has 0 spiro atoms. The molecular weight excluding hydrogens is 220 g/mol. The maximum absolute atomic E-state index is 12.1. The summed E-state index contributed by atoms with van der Waals surface area (Å²) in [4.78, 5) is 17.6. The number of nitrogens with zero attached hydrogens (tertiary/aromatic N) is 3. The van der Waals surface area contributed by atoms with E-state index in [1.165, 1.54) is 12.1 Å². The van der Waals surface area contributed by atoms with Crippen molar-refractivity contribution in [2.24, 2.45) is 0 Å². The first-order chi connectivity index (χ1) is 8.20. The number of anilines is 1. The number of aromatic nitrogens is 1. The van der Waals surface area contributed by atoms with Crippen molar-refractivity contribution in [1.82, 2.24) is 9.88 Å². The van der Waals surface area contributed by atoms with Crippen molar-refractivity contribution >= 4 is 11.7 Å². The predicted octanol–water partition coefficient (Wildman–Crippen LogP) is 0.00788. The molecule has 6 heteroatoms. The first-order valence-corrected chi connectivity index (χ1v) is 5.25. The van der Waals surface area contributed by atoms with Crippen LogP contribution in [-0.2, 0) is 4.74 Å². The molecule has 0 aliphatic carbocycles. The molecule has 1 aromatic heterocycles. The minimum absolute atomic E-state index is 0.140. The summed E-state index contributed by atoms with van der Waals surface area (Å²) in [5.74, 6) is 0.0413. The quantitative estimate of drug-likeness (QED) is 0.736. The van der Waals surface area contributed by atoms with Gasteiger partial charge < -0.3 is 15.4 Å². The van der Waals surface area contributed by atoms with E-state index in [-0.39, 0.29) is 17.4 Å². The van der Waals surface area contributed by atoms with Gasteiger partial charge in [-0.25, -0.2) is 4.98 Å². The molecule has 6 nitrogen and oxygen atoms in total. The molecule has 2 rings (SSSR count). The minimum Gasteiger partial charge on any atom is -0.384 e. The van der Waals surface area contributed by atoms with Gasteiger partial charge in [-0.2, -0.15) is 5.26 Å². The van der Waals surface area contributed by atoms with E-state index < -0.39 is 0 Å². The lowest BCUT2D eigenvalue weighted by Gasteiger charge is -2.26. The monoisotopic (exact) mass is 232 g/mol. The van der Waals surface area contributed by atoms with Crippen LogP contribution in [0.4, 0.5) is 5.82 Å². The second-order valence-electron chi connectivity index (χ2n) is 3.68. The molecule has 2 heterocycles. The van der Waals surface area contributed by atoms with E-state index in [4.69, 9.17) is 15.7 Å². The second kappa shape index (κ2) is 4.80. The van der Waals surface area contributed by atoms with Crippen molar-refractivity contribution < 1.29 is 9.53 Å². The molecule has 2 N–H and O–H groups in total. The standard InChI is InChI=1S/C11H12N4O2/c12-7-9-5-8(6-10(13)14-9)11(16)15-1-3-17-4-2-15/h5-6H,1-4H2,(H2,13,14). The second-order valence-corrected chi connectivity index (χ2v) is 3.68. The molecule has 88 valence electrons. The highest BCUT2D eigenvalue weighted by Gasteiger charge is 2.19. The first-order valence-electron chi connectivity index (χ1n) is 5.25. The van der Waals surface area contributed by atoms with Crippen LogP contribution in [0.1, 0.15) is 16.1 Å². The van der Waals surface area contributed by atoms with Crippen molar-refractivity contribution in [3.63, 3.8) is 0 Å². The molecule has 1 aromatic rings. The molecule has 0 radical (unpaired) electrons. The van der Waals surface area contributed by atoms with Gasteiger partial charge in [-0.15, -0.1) is 0 Å². The number of nitrogen functional groups attached to an aromatic ring is 1. The molecule has 1 aliphatic rings. The van der Waals surface area contributed by atoms with Gasteiger partial charge in [0.25, 0.3) is 5.91 Å². The number of amides is 1. The van der Waals surface area contributed by atoms with E-state index in [2.05, 4.69) is 4.98 Å². The van der Waals surface area contributed by atoms with Gasteiger partial charge in [-0.05, 0) is 12.1 Å². The predicted molar refractivity (Wildman–Crippen MR) is 60.1 cm³/mol. The average Bonchev–Trinajstić information content (AvgIpc) is 2.38. The van der Waals surface area contributed by atoms with Crippen LogP contribution in [0.15, 0.2) is 12.1 Å². The van der Waals surface area contributed by atoms with E-state index in [1.807, 2.05) is 6.07 Å². The lowest BCUT2D eigenvalue weighted by molar-refractivity contribution is 0.0303. The van der Waals surface area contributed by atoms with Crippen molar-refractivity contribution in [2.75, 3.05) is 32.0 Å². The van der Waals surface area contributed by atoms with Gasteiger partial charge in [0.2, 0.25) is 0 Å². The fourth-order valence-corrected chi connectivity index (χ4v) is 1.68. The van der Waals surface area contributed by atoms with Crippen molar-refractivity contribution in [3.8, 4) is 6.07 Å². The Morgan fingerprint density at radius 1 is 1.47 bits per heavy atom. The van der Waals surface area contributed by atoms with Crippen molar-refractivity contribution in [2.45, 2.75) is 0 Å². The van der Waals surface area contributed by atoms with Crippen LogP contribution >= 0.6 is 0 Å². The number of morpholine rings is 1. The van der Waals surface area contributed by atoms with Crippen LogP contribution in [0.25, 0.3) is 0 Å². The number of nitriles is 1. The van der Waals surface area contributed by atoms with Crippen LogP contribution in [0.3, 0.4) is 0 Å². The lowest BCUT2D eigenvalue weighted by atomic mass is 10.2. The third-order valence-corrected chi connectivity index (χ3v) is 2.50. The van der Waals surface area contributed by atoms with Crippen molar-refractivity contribution in [3.05, 3.63) is 23.4 Å². The third-order valence-electron chi connectivity index (χ3n) is 2.50. The molecule has 1 saturated heterocycles. The van der Waals surface area contributed by atoms with Gasteiger partial charge in [0.05, 0.1) is 13.2 Å². The topological polar surface area (TPSA) is 92.2 Å². The van der Waals surface area contributed by atoms with E-state index >= 15 is 0 Å². The maximum Gasteiger partial charge on any atom is 0.254 e. The van der Waals surface area contributed by atoms with Crippen LogP contribution in [-0.4, -0.2) is 42.1 Å². The van der Waals surface area contributed by atoms with Gasteiger partial charge in [-0.3, -0.25) is 4.79 Å². The largest absolute Gasteiger partial charge is 0.384 e. The summed E-state index contributed by atoms with van der Waals surface area (Å²) in [6, 6.07) is 4.82. The summed E-state index contributed by atoms with van der Waals surface area (Å²) < 4.78 is 5.17. The molecule has 1 fully saturated rings. The van der Waals surface area contributed by atoms with Gasteiger partial charge >= 0.3 is 0 Å². The van der Waals surface area contributed by atoms with Crippen LogP contribution in [0, 0.1) is 11.3 Å². The number of ether oxygens (including phenoxy) is 1. The summed E-state index contributed by atoms with van der Waals surface area (Å²) in [7, 11) is 0. The number of hydrogen-bond acceptors (Lipinski definition) is 5. The fourth-order valence-electron chi connectivity index (χ4n) is 1.68. The Kier molecular flexibility index (Phi) is 3.21. The van der Waals surface area contributed by atoms with E-state index in [9.17, 15) is 4.79 Å². The smallest absolute Gasteiger partial charge is 0.254 e. The number of hydrogen-bond donors (Lipinski definition) is 1. The number of rotatable bonds is 1. The highest BCUT2D eigenvalue weighted by atomic mass is 16.5. The normalized spacial score (nSPS) is 15.4. The lowest BCUT2D eigenvalue weighted by Crippen LogP contribution is -2.40. The zero-order valence-corrected chi connectivity index (χ0v) is 9.22. The summed E-state index contributed by atoms with van der Waals surface area (Å²) in [6.45, 7) is 2.20. The summed E-state index contributed by atoms with van der Waals surface area (Å²) in [5.41, 5.74) is 6.10. The first kappa shape index (κ1) is 11.4. The Morgan fingerprint density at radius 3 is 2.82 bits per heavy atom. The minimum atomic E-state index is -0.140. The molecule has 1 amide bonds. The van der Waals surface area contributed by atoms with E-state index in [0.717, 1.165) is 0 Å². The third kappa shape index (κ3) is 2.52. The highest BCUT2D eigenvalue weighted by molar-refractivity contribution is 5.95. The van der Waals surface area contributed by atoms with Gasteiger partial charge in [-0.1, -0.05) is 0 Å². The Balaban J connectivity index is 2.24.